The highest BCUT2D eigenvalue weighted by Gasteiger charge is 2.33. The van der Waals surface area contributed by atoms with E-state index in [4.69, 9.17) is 0 Å². The number of rotatable bonds is 4. The number of hydrogen-bond donors (Lipinski definition) is 1. The normalized spacial score (nSPS) is 11.6. The maximum Gasteiger partial charge on any atom is 0.417 e. The molecule has 0 radical (unpaired) electrons. The van der Waals surface area contributed by atoms with Crippen LogP contribution < -0.4 is 5.32 Å². The minimum absolute atomic E-state index is 0.0395. The molecule has 4 aromatic rings. The lowest BCUT2D eigenvalue weighted by molar-refractivity contribution is -0.137. The molecule has 152 valence electrons. The summed E-state index contributed by atoms with van der Waals surface area (Å²) < 4.78 is 41.6. The molecule has 0 saturated heterocycles. The van der Waals surface area contributed by atoms with Crippen molar-refractivity contribution in [3.05, 3.63) is 83.7 Å². The number of aryl methyl sites for hydroxylation is 1. The molecule has 8 heteroatoms. The Hall–Kier alpha value is -3.68. The molecule has 2 aromatic carbocycles. The van der Waals surface area contributed by atoms with Crippen molar-refractivity contribution in [1.29, 1.82) is 0 Å². The maximum absolute atomic E-state index is 13.4. The summed E-state index contributed by atoms with van der Waals surface area (Å²) in [5.74, 6) is -0.328. The fraction of sp³-hybridized carbons (Fsp3) is 0.136. The number of carbonyl (C=O) groups is 1. The molecule has 0 fully saturated rings. The molecule has 0 bridgehead atoms. The van der Waals surface area contributed by atoms with Gasteiger partial charge in [-0.05, 0) is 30.2 Å². The van der Waals surface area contributed by atoms with Crippen LogP contribution in [0.2, 0.25) is 0 Å². The van der Waals surface area contributed by atoms with Crippen molar-refractivity contribution in [2.75, 3.05) is 5.32 Å². The molecule has 1 N–H and O–H groups in total. The van der Waals surface area contributed by atoms with Crippen molar-refractivity contribution in [2.24, 2.45) is 0 Å². The molecule has 30 heavy (non-hydrogen) atoms. The molecule has 0 atom stereocenters. The second-order valence-corrected chi connectivity index (χ2v) is 6.65. The summed E-state index contributed by atoms with van der Waals surface area (Å²) in [7, 11) is 0. The average Bonchev–Trinajstić information content (AvgIpc) is 3.15. The van der Waals surface area contributed by atoms with Crippen LogP contribution in [0.25, 0.3) is 16.9 Å². The number of fused-ring (bicyclic) bond motifs is 1. The molecule has 0 unspecified atom stereocenters. The van der Waals surface area contributed by atoms with Gasteiger partial charge in [-0.15, -0.1) is 0 Å². The zero-order valence-electron chi connectivity index (χ0n) is 15.9. The second-order valence-electron chi connectivity index (χ2n) is 6.65. The number of halogens is 3. The van der Waals surface area contributed by atoms with Gasteiger partial charge in [0.25, 0.3) is 5.91 Å². The molecular weight excluding hydrogens is 393 g/mol. The summed E-state index contributed by atoms with van der Waals surface area (Å²) in [5, 5.41) is 6.90. The van der Waals surface area contributed by atoms with Crippen LogP contribution in [0.4, 0.5) is 18.9 Å². The van der Waals surface area contributed by atoms with Gasteiger partial charge < -0.3 is 5.32 Å². The van der Waals surface area contributed by atoms with Crippen molar-refractivity contribution in [1.82, 2.24) is 14.6 Å². The first kappa shape index (κ1) is 19.6. The van der Waals surface area contributed by atoms with Gasteiger partial charge in [-0.2, -0.15) is 18.3 Å². The Morgan fingerprint density at radius 3 is 2.57 bits per heavy atom. The predicted octanol–water partition coefficient (Wildman–Crippen LogP) is 5.23. The summed E-state index contributed by atoms with van der Waals surface area (Å²) in [6, 6.07) is 13.9. The highest BCUT2D eigenvalue weighted by molar-refractivity contribution is 6.06. The number of amides is 1. The summed E-state index contributed by atoms with van der Waals surface area (Å²) in [5.41, 5.74) is 1.31. The Bertz CT molecular complexity index is 1230. The van der Waals surface area contributed by atoms with E-state index < -0.39 is 11.7 Å². The SMILES string of the molecule is CCc1ccccc1C(=O)Nc1cnn2ccc(-c3ccccc3C(F)(F)F)nc12. The molecule has 5 nitrogen and oxygen atoms in total. The standard InChI is InChI=1S/C22H17F3N4O/c1-2-14-7-3-4-8-15(14)21(30)28-19-13-26-29-12-11-18(27-20(19)29)16-9-5-6-10-17(16)22(23,24)25/h3-13H,2H2,1H3,(H,28,30). The number of nitrogens with zero attached hydrogens (tertiary/aromatic N) is 3. The molecule has 0 aliphatic carbocycles. The zero-order chi connectivity index (χ0) is 21.3. The van der Waals surface area contributed by atoms with Gasteiger partial charge in [0, 0.05) is 17.3 Å². The van der Waals surface area contributed by atoms with Gasteiger partial charge in [-0.3, -0.25) is 4.79 Å². The van der Waals surface area contributed by atoms with Crippen molar-refractivity contribution < 1.29 is 18.0 Å². The average molecular weight is 410 g/mol. The Labute approximate surface area is 170 Å². The summed E-state index contributed by atoms with van der Waals surface area (Å²) >= 11 is 0. The van der Waals surface area contributed by atoms with Gasteiger partial charge in [-0.25, -0.2) is 9.50 Å². The summed E-state index contributed by atoms with van der Waals surface area (Å²) in [6.45, 7) is 1.95. The molecular formula is C22H17F3N4O. The predicted molar refractivity (Wildman–Crippen MR) is 107 cm³/mol. The lowest BCUT2D eigenvalue weighted by Gasteiger charge is -2.12. The topological polar surface area (TPSA) is 59.3 Å². The van der Waals surface area contributed by atoms with E-state index >= 15 is 0 Å². The highest BCUT2D eigenvalue weighted by Crippen LogP contribution is 2.36. The largest absolute Gasteiger partial charge is 0.417 e. The third kappa shape index (κ3) is 3.63. The Morgan fingerprint density at radius 1 is 1.07 bits per heavy atom. The van der Waals surface area contributed by atoms with E-state index in [0.717, 1.165) is 11.6 Å². The molecule has 1 amide bonds. The number of carbonyl (C=O) groups excluding carboxylic acids is 1. The third-order valence-corrected chi connectivity index (χ3v) is 4.77. The number of alkyl halides is 3. The van der Waals surface area contributed by atoms with Crippen molar-refractivity contribution in [3.8, 4) is 11.3 Å². The van der Waals surface area contributed by atoms with Gasteiger partial charge in [0.15, 0.2) is 5.65 Å². The quantitative estimate of drug-likeness (QED) is 0.501. The Morgan fingerprint density at radius 2 is 1.80 bits per heavy atom. The second kappa shape index (κ2) is 7.62. The summed E-state index contributed by atoms with van der Waals surface area (Å²) in [6.07, 6.45) is -0.880. The Balaban J connectivity index is 1.74. The molecule has 2 aromatic heterocycles. The van der Waals surface area contributed by atoms with Gasteiger partial charge in [0.1, 0.15) is 5.69 Å². The van der Waals surface area contributed by atoms with Gasteiger partial charge in [-0.1, -0.05) is 43.3 Å². The van der Waals surface area contributed by atoms with Crippen LogP contribution in [0.15, 0.2) is 67.0 Å². The van der Waals surface area contributed by atoms with Gasteiger partial charge in [0.2, 0.25) is 0 Å². The molecule has 0 aliphatic rings. The number of nitrogens with one attached hydrogen (secondary N) is 1. The van der Waals surface area contributed by atoms with E-state index in [9.17, 15) is 18.0 Å². The van der Waals surface area contributed by atoms with Crippen LogP contribution in [0.3, 0.4) is 0 Å². The molecule has 0 aliphatic heterocycles. The van der Waals surface area contributed by atoms with E-state index in [0.29, 0.717) is 17.7 Å². The zero-order valence-corrected chi connectivity index (χ0v) is 15.9. The smallest absolute Gasteiger partial charge is 0.317 e. The first-order valence-corrected chi connectivity index (χ1v) is 9.28. The van der Waals surface area contributed by atoms with E-state index in [1.807, 2.05) is 19.1 Å². The first-order valence-electron chi connectivity index (χ1n) is 9.28. The number of anilines is 1. The highest BCUT2D eigenvalue weighted by atomic mass is 19.4. The molecule has 0 saturated carbocycles. The van der Waals surface area contributed by atoms with Crippen molar-refractivity contribution in [2.45, 2.75) is 19.5 Å². The molecule has 0 spiro atoms. The number of aromatic nitrogens is 3. The van der Waals surface area contributed by atoms with Crippen LogP contribution in [-0.2, 0) is 12.6 Å². The fourth-order valence-electron chi connectivity index (χ4n) is 3.30. The van der Waals surface area contributed by atoms with Crippen LogP contribution in [0.5, 0.6) is 0 Å². The maximum atomic E-state index is 13.4. The third-order valence-electron chi connectivity index (χ3n) is 4.77. The minimum Gasteiger partial charge on any atom is -0.317 e. The Kier molecular flexibility index (Phi) is 4.99. The lowest BCUT2D eigenvalue weighted by Crippen LogP contribution is -2.14. The van der Waals surface area contributed by atoms with Gasteiger partial charge >= 0.3 is 6.18 Å². The molecule has 4 rings (SSSR count). The number of benzene rings is 2. The number of hydrogen-bond acceptors (Lipinski definition) is 3. The fourth-order valence-corrected chi connectivity index (χ4v) is 3.30. The van der Waals surface area contributed by atoms with E-state index in [2.05, 4.69) is 15.4 Å². The van der Waals surface area contributed by atoms with E-state index in [1.54, 1.807) is 12.1 Å². The van der Waals surface area contributed by atoms with Crippen LogP contribution in [-0.4, -0.2) is 20.5 Å². The van der Waals surface area contributed by atoms with Gasteiger partial charge in [0.05, 0.1) is 17.5 Å². The van der Waals surface area contributed by atoms with Crippen molar-refractivity contribution in [3.63, 3.8) is 0 Å². The van der Waals surface area contributed by atoms with E-state index in [1.165, 1.54) is 41.2 Å². The van der Waals surface area contributed by atoms with Crippen molar-refractivity contribution >= 4 is 17.2 Å². The van der Waals surface area contributed by atoms with Crippen LogP contribution in [0.1, 0.15) is 28.4 Å². The van der Waals surface area contributed by atoms with Crippen LogP contribution >= 0.6 is 0 Å². The lowest BCUT2D eigenvalue weighted by atomic mass is 10.0. The van der Waals surface area contributed by atoms with Crippen LogP contribution in [0, 0.1) is 0 Å². The summed E-state index contributed by atoms with van der Waals surface area (Å²) in [4.78, 5) is 17.1. The minimum atomic E-state index is -4.51. The molecule has 2 heterocycles. The monoisotopic (exact) mass is 410 g/mol. The van der Waals surface area contributed by atoms with E-state index in [-0.39, 0.29) is 22.8 Å². The first-order chi connectivity index (χ1) is 14.4.